The van der Waals surface area contributed by atoms with Crippen molar-refractivity contribution in [3.8, 4) is 0 Å². The second-order valence-corrected chi connectivity index (χ2v) is 13.8. The van der Waals surface area contributed by atoms with Gasteiger partial charge in [0.2, 0.25) is 0 Å². The van der Waals surface area contributed by atoms with Crippen molar-refractivity contribution in [2.45, 2.75) is 198 Å². The van der Waals surface area contributed by atoms with E-state index in [4.69, 9.17) is 18.9 Å². The number of ether oxygens (including phenoxy) is 4. The van der Waals surface area contributed by atoms with Gasteiger partial charge in [-0.15, -0.1) is 0 Å². The average Bonchev–Trinajstić information content (AvgIpc) is 3.11. The largest absolute Gasteiger partial charge is 0.462 e. The van der Waals surface area contributed by atoms with Gasteiger partial charge in [0, 0.05) is 12.8 Å². The molecule has 0 aliphatic carbocycles. The minimum Gasteiger partial charge on any atom is -0.462 e. The van der Waals surface area contributed by atoms with Gasteiger partial charge < -0.3 is 39.4 Å². The van der Waals surface area contributed by atoms with Gasteiger partial charge in [-0.2, -0.15) is 0 Å². The molecule has 6 atom stereocenters. The Kier molecular flexibility index (Phi) is 29.5. The van der Waals surface area contributed by atoms with Gasteiger partial charge in [0.15, 0.2) is 12.4 Å². The molecule has 1 rings (SSSR count). The zero-order valence-corrected chi connectivity index (χ0v) is 31.4. The van der Waals surface area contributed by atoms with E-state index in [-0.39, 0.29) is 26.1 Å². The number of hydrogen-bond donors (Lipinski definition) is 4. The molecule has 50 heavy (non-hydrogen) atoms. The van der Waals surface area contributed by atoms with Gasteiger partial charge in [-0.3, -0.25) is 9.59 Å². The Morgan fingerprint density at radius 1 is 0.620 bits per heavy atom. The summed E-state index contributed by atoms with van der Waals surface area (Å²) in [5.41, 5.74) is 0. The Bertz CT molecular complexity index is 876. The molecule has 1 heterocycles. The van der Waals surface area contributed by atoms with Crippen LogP contribution < -0.4 is 0 Å². The van der Waals surface area contributed by atoms with Crippen molar-refractivity contribution in [2.75, 3.05) is 19.8 Å². The highest BCUT2D eigenvalue weighted by molar-refractivity contribution is 5.70. The molecule has 0 amide bonds. The van der Waals surface area contributed by atoms with Crippen LogP contribution in [0.5, 0.6) is 0 Å². The number of hydrogen-bond acceptors (Lipinski definition) is 10. The zero-order chi connectivity index (χ0) is 36.7. The lowest BCUT2D eigenvalue weighted by atomic mass is 9.99. The molecule has 0 aromatic rings. The molecule has 2 unspecified atom stereocenters. The first-order valence-corrected chi connectivity index (χ1v) is 19.9. The Morgan fingerprint density at radius 2 is 1.10 bits per heavy atom. The van der Waals surface area contributed by atoms with Crippen molar-refractivity contribution in [1.82, 2.24) is 0 Å². The second-order valence-electron chi connectivity index (χ2n) is 13.8. The van der Waals surface area contributed by atoms with Gasteiger partial charge in [0.05, 0.1) is 13.2 Å². The van der Waals surface area contributed by atoms with Gasteiger partial charge >= 0.3 is 11.9 Å². The second kappa shape index (κ2) is 31.9. The number of unbranched alkanes of at least 4 members (excludes halogenated alkanes) is 18. The lowest BCUT2D eigenvalue weighted by Gasteiger charge is -2.39. The molecule has 10 heteroatoms. The Morgan fingerprint density at radius 3 is 1.64 bits per heavy atom. The van der Waals surface area contributed by atoms with E-state index in [1.807, 2.05) is 0 Å². The van der Waals surface area contributed by atoms with E-state index in [1.165, 1.54) is 64.2 Å². The van der Waals surface area contributed by atoms with Crippen LogP contribution >= 0.6 is 0 Å². The van der Waals surface area contributed by atoms with Gasteiger partial charge in [0.25, 0.3) is 0 Å². The molecule has 0 radical (unpaired) electrons. The summed E-state index contributed by atoms with van der Waals surface area (Å²) in [5.74, 6) is -0.825. The van der Waals surface area contributed by atoms with Crippen molar-refractivity contribution in [3.05, 3.63) is 24.3 Å². The summed E-state index contributed by atoms with van der Waals surface area (Å²) < 4.78 is 22.0. The van der Waals surface area contributed by atoms with Crippen molar-refractivity contribution in [3.63, 3.8) is 0 Å². The molecule has 0 bridgehead atoms. The van der Waals surface area contributed by atoms with Crippen LogP contribution in [0.2, 0.25) is 0 Å². The van der Waals surface area contributed by atoms with Crippen LogP contribution in [-0.4, -0.2) is 89.0 Å². The van der Waals surface area contributed by atoms with E-state index < -0.39 is 55.4 Å². The number of aliphatic hydroxyl groups excluding tert-OH is 4. The number of rotatable bonds is 32. The van der Waals surface area contributed by atoms with E-state index in [1.54, 1.807) is 0 Å². The monoisotopic (exact) mass is 713 g/mol. The molecule has 292 valence electrons. The molecule has 1 aliphatic heterocycles. The molecule has 10 nitrogen and oxygen atoms in total. The molecule has 4 N–H and O–H groups in total. The first-order chi connectivity index (χ1) is 24.3. The van der Waals surface area contributed by atoms with Crippen LogP contribution in [-0.2, 0) is 28.5 Å². The summed E-state index contributed by atoms with van der Waals surface area (Å²) in [7, 11) is 0. The van der Waals surface area contributed by atoms with Crippen LogP contribution in [0.4, 0.5) is 0 Å². The van der Waals surface area contributed by atoms with E-state index in [0.717, 1.165) is 57.8 Å². The Balaban J connectivity index is 2.39. The SMILES string of the molecule is CCCCCC/C=C/C=C/CCCCCCCC(=O)OC[C@@H](CO[C@H]1O[C@@H](CO)[C@@H](O)C(O)C1O)OC(=O)CCCCCCCCCCCC. The number of esters is 2. The smallest absolute Gasteiger partial charge is 0.306 e. The van der Waals surface area contributed by atoms with E-state index in [2.05, 4.69) is 38.2 Å². The lowest BCUT2D eigenvalue weighted by Crippen LogP contribution is -2.59. The lowest BCUT2D eigenvalue weighted by molar-refractivity contribution is -0.305. The predicted molar refractivity (Wildman–Crippen MR) is 196 cm³/mol. The van der Waals surface area contributed by atoms with Crippen molar-refractivity contribution in [1.29, 1.82) is 0 Å². The van der Waals surface area contributed by atoms with E-state index in [9.17, 15) is 30.0 Å². The molecular weight excluding hydrogens is 640 g/mol. The van der Waals surface area contributed by atoms with Crippen LogP contribution in [0, 0.1) is 0 Å². The number of allylic oxidation sites excluding steroid dienone is 4. The van der Waals surface area contributed by atoms with Crippen LogP contribution in [0.15, 0.2) is 24.3 Å². The summed E-state index contributed by atoms with van der Waals surface area (Å²) in [6.07, 6.45) is 24.7. The van der Waals surface area contributed by atoms with Crippen molar-refractivity contribution < 1.29 is 49.0 Å². The highest BCUT2D eigenvalue weighted by atomic mass is 16.7. The highest BCUT2D eigenvalue weighted by Crippen LogP contribution is 2.22. The molecule has 0 aromatic heterocycles. The standard InChI is InChI=1S/C40H72O10/c1-3-5-7-9-11-13-15-16-17-18-19-21-22-24-26-28-35(42)47-31-33(32-48-40-39(46)38(45)37(44)34(30-41)50-40)49-36(43)29-27-25-23-20-14-12-10-8-6-4-2/h13,15-17,33-34,37-41,44-46H,3-12,14,18-32H2,1-2H3/b15-13+,17-16+/t33-,34-,37+,38?,39?,40-/m0/s1. The zero-order valence-electron chi connectivity index (χ0n) is 31.4. The van der Waals surface area contributed by atoms with Gasteiger partial charge in [-0.25, -0.2) is 0 Å². The maximum absolute atomic E-state index is 12.7. The number of carbonyl (C=O) groups is 2. The summed E-state index contributed by atoms with van der Waals surface area (Å²) in [6.45, 7) is 3.35. The molecule has 0 aromatic carbocycles. The van der Waals surface area contributed by atoms with E-state index in [0.29, 0.717) is 12.8 Å². The molecule has 1 aliphatic rings. The third-order valence-corrected chi connectivity index (χ3v) is 9.12. The maximum atomic E-state index is 12.7. The van der Waals surface area contributed by atoms with Crippen LogP contribution in [0.25, 0.3) is 0 Å². The third kappa shape index (κ3) is 23.6. The summed E-state index contributed by atoms with van der Waals surface area (Å²) >= 11 is 0. The highest BCUT2D eigenvalue weighted by Gasteiger charge is 2.44. The minimum atomic E-state index is -1.59. The molecule has 0 saturated carbocycles. The number of aliphatic hydroxyl groups is 4. The first kappa shape index (κ1) is 46.2. The Labute approximate surface area is 303 Å². The summed E-state index contributed by atoms with van der Waals surface area (Å²) in [5, 5.41) is 39.9. The fourth-order valence-electron chi connectivity index (χ4n) is 5.88. The Hall–Kier alpha value is -1.82. The van der Waals surface area contributed by atoms with Crippen molar-refractivity contribution in [2.24, 2.45) is 0 Å². The maximum Gasteiger partial charge on any atom is 0.306 e. The van der Waals surface area contributed by atoms with Crippen LogP contribution in [0.1, 0.15) is 162 Å². The third-order valence-electron chi connectivity index (χ3n) is 9.12. The quantitative estimate of drug-likeness (QED) is 0.0316. The van der Waals surface area contributed by atoms with Gasteiger partial charge in [0.1, 0.15) is 31.0 Å². The fourth-order valence-corrected chi connectivity index (χ4v) is 5.88. The number of carbonyl (C=O) groups excluding carboxylic acids is 2. The first-order valence-electron chi connectivity index (χ1n) is 19.9. The molecule has 1 fully saturated rings. The van der Waals surface area contributed by atoms with E-state index >= 15 is 0 Å². The van der Waals surface area contributed by atoms with Crippen molar-refractivity contribution >= 4 is 11.9 Å². The minimum absolute atomic E-state index is 0.223. The molecule has 1 saturated heterocycles. The molecule has 0 spiro atoms. The predicted octanol–water partition coefficient (Wildman–Crippen LogP) is 7.38. The average molecular weight is 713 g/mol. The summed E-state index contributed by atoms with van der Waals surface area (Å²) in [6, 6.07) is 0. The summed E-state index contributed by atoms with van der Waals surface area (Å²) in [4.78, 5) is 25.1. The van der Waals surface area contributed by atoms with Gasteiger partial charge in [-0.1, -0.05) is 134 Å². The van der Waals surface area contributed by atoms with Gasteiger partial charge in [-0.05, 0) is 38.5 Å². The topological polar surface area (TPSA) is 152 Å². The fraction of sp³-hybridized carbons (Fsp3) is 0.850. The molecular formula is C40H72O10. The van der Waals surface area contributed by atoms with Crippen LogP contribution in [0.3, 0.4) is 0 Å². The normalized spacial score (nSPS) is 21.6.